The van der Waals surface area contributed by atoms with Crippen LogP contribution in [-0.2, 0) is 28.7 Å². The van der Waals surface area contributed by atoms with Gasteiger partial charge in [-0.2, -0.15) is 54.0 Å². The van der Waals surface area contributed by atoms with Gasteiger partial charge < -0.3 is 63.1 Å². The zero-order valence-corrected chi connectivity index (χ0v) is 40.0. The Kier molecular flexibility index (Phi) is 42.5. The van der Waals surface area contributed by atoms with E-state index < -0.39 is 83.4 Å². The largest absolute Gasteiger partial charge is 0.480 e. The van der Waals surface area contributed by atoms with Crippen LogP contribution in [0.25, 0.3) is 0 Å². The lowest BCUT2D eigenvalue weighted by Gasteiger charge is -2.26. The van der Waals surface area contributed by atoms with Crippen LogP contribution in [-0.4, -0.2) is 113 Å². The molecule has 20 nitrogen and oxygen atoms in total. The first-order chi connectivity index (χ1) is 24.7. The fourth-order valence-electron chi connectivity index (χ4n) is 4.01. The Labute approximate surface area is 375 Å². The van der Waals surface area contributed by atoms with Gasteiger partial charge in [-0.3, -0.25) is 9.59 Å². The van der Waals surface area contributed by atoms with Crippen molar-refractivity contribution in [2.45, 2.75) is 130 Å². The van der Waals surface area contributed by atoms with Crippen molar-refractivity contribution in [3.63, 3.8) is 0 Å². The average Bonchev–Trinajstić information content (AvgIpc) is 3.00. The highest BCUT2D eigenvalue weighted by Crippen LogP contribution is 2.11. The third-order valence-electron chi connectivity index (χ3n) is 6.41. The number of hydrogen-bond donors (Lipinski definition) is 10. The van der Waals surface area contributed by atoms with Gasteiger partial charge in [0.25, 0.3) is 0 Å². The van der Waals surface area contributed by atoms with Crippen molar-refractivity contribution in [1.29, 1.82) is 0 Å². The molecule has 0 spiro atoms. The number of ether oxygens (including phenoxy) is 2. The maximum absolute atomic E-state index is 12.4. The smallest absolute Gasteiger partial charge is 0.408 e. The minimum absolute atomic E-state index is 0. The number of aliphatic carboxylic acids is 2. The zero-order chi connectivity index (χ0) is 43.0. The highest BCUT2D eigenvalue weighted by Gasteiger charge is 2.31. The standard InChI is InChI=1S/2C16H30N4O6.CH3Cl.4H2S/c2*1-9(2)11(20-15(25)26-16(3,4)5)12(21)19-10(13(22)23)7-6-8-18-14(17)24;1-2;;;;/h2*9-11H,6-8H2,1-5H3,(H,19,21)(H,20,25)(H,22,23)(H3,17,18,24);1H3;4*1H2/t2*10-,11-;;;;;/m00...../s1. The van der Waals surface area contributed by atoms with E-state index in [0.717, 1.165) is 0 Å². The van der Waals surface area contributed by atoms with E-state index in [-0.39, 0.29) is 91.7 Å². The molecule has 0 saturated carbocycles. The number of carboxylic acid groups (broad SMARTS) is 2. The van der Waals surface area contributed by atoms with Crippen molar-refractivity contribution in [1.82, 2.24) is 31.9 Å². The number of nitrogens with two attached hydrogens (primary N) is 2. The second-order valence-corrected chi connectivity index (χ2v) is 14.4. The molecular weight excluding hydrogens is 864 g/mol. The van der Waals surface area contributed by atoms with Gasteiger partial charge in [-0.1, -0.05) is 27.7 Å². The monoisotopic (exact) mass is 934 g/mol. The number of urea groups is 2. The number of primary amides is 2. The molecule has 0 aromatic carbocycles. The van der Waals surface area contributed by atoms with Crippen LogP contribution in [0.5, 0.6) is 0 Å². The van der Waals surface area contributed by atoms with E-state index in [4.69, 9.17) is 20.9 Å². The lowest BCUT2D eigenvalue weighted by Crippen LogP contribution is -2.54. The Bertz CT molecular complexity index is 1150. The van der Waals surface area contributed by atoms with Gasteiger partial charge in [-0.25, -0.2) is 28.8 Å². The molecule has 8 amide bonds. The number of carbonyl (C=O) groups excluding carboxylic acids is 6. The lowest BCUT2D eigenvalue weighted by molar-refractivity contribution is -0.142. The summed E-state index contributed by atoms with van der Waals surface area (Å²) in [6, 6.07) is -5.62. The summed E-state index contributed by atoms with van der Waals surface area (Å²) in [4.78, 5) is 92.4. The number of rotatable bonds is 18. The molecule has 0 aliphatic heterocycles. The Hall–Kier alpha value is -3.35. The molecule has 346 valence electrons. The van der Waals surface area contributed by atoms with Crippen LogP contribution in [0.3, 0.4) is 0 Å². The topological polar surface area (TPSA) is 320 Å². The molecule has 0 aliphatic rings. The number of alkyl carbamates (subject to hydrolysis) is 2. The molecule has 58 heavy (non-hydrogen) atoms. The van der Waals surface area contributed by atoms with Gasteiger partial charge in [-0.05, 0) is 79.1 Å². The van der Waals surface area contributed by atoms with Crippen molar-refractivity contribution in [3.05, 3.63) is 0 Å². The summed E-state index contributed by atoms with van der Waals surface area (Å²) in [6.07, 6.45) is 0.766. The van der Waals surface area contributed by atoms with E-state index in [2.05, 4.69) is 43.5 Å². The molecule has 25 heteroatoms. The highest BCUT2D eigenvalue weighted by molar-refractivity contribution is 7.59. The molecule has 0 unspecified atom stereocenters. The molecule has 0 radical (unpaired) electrons. The number of amides is 8. The fraction of sp³-hybridized carbons (Fsp3) is 0.758. The molecule has 0 bridgehead atoms. The summed E-state index contributed by atoms with van der Waals surface area (Å²) in [7, 11) is 0. The van der Waals surface area contributed by atoms with E-state index >= 15 is 0 Å². The summed E-state index contributed by atoms with van der Waals surface area (Å²) in [5.74, 6) is -4.24. The van der Waals surface area contributed by atoms with Crippen LogP contribution in [0.1, 0.15) is 94.9 Å². The van der Waals surface area contributed by atoms with Crippen molar-refractivity contribution in [2.24, 2.45) is 23.3 Å². The minimum atomic E-state index is -1.21. The average molecular weight is 936 g/mol. The second-order valence-electron chi connectivity index (χ2n) is 14.4. The van der Waals surface area contributed by atoms with Gasteiger partial charge in [0.05, 0.1) is 0 Å². The molecule has 0 fully saturated rings. The number of nitrogens with one attached hydrogen (secondary N) is 6. The quantitative estimate of drug-likeness (QED) is 0.0700. The van der Waals surface area contributed by atoms with Gasteiger partial charge in [0, 0.05) is 19.5 Å². The number of hydrogen-bond acceptors (Lipinski definition) is 10. The van der Waals surface area contributed by atoms with Crippen LogP contribution in [0.4, 0.5) is 19.2 Å². The van der Waals surface area contributed by atoms with Gasteiger partial charge in [0.2, 0.25) is 11.8 Å². The van der Waals surface area contributed by atoms with Gasteiger partial charge in [0.1, 0.15) is 35.4 Å². The van der Waals surface area contributed by atoms with Crippen LogP contribution < -0.4 is 43.4 Å². The van der Waals surface area contributed by atoms with Crippen molar-refractivity contribution in [2.75, 3.05) is 19.5 Å². The Morgan fingerprint density at radius 1 is 0.552 bits per heavy atom. The number of carboxylic acids is 2. The SMILES string of the molecule is CC(C)[C@H](NC(=O)OC(C)(C)C)C(=O)N[C@@H](CCCNC(N)=O)C(=O)O.CC(C)[C@H](NC(=O)OC(C)(C)C)C(=O)N[C@@H](CCCNC(N)=O)C(=O)O.CCl.S.S.S.S. The van der Waals surface area contributed by atoms with Crippen LogP contribution in [0, 0.1) is 11.8 Å². The summed E-state index contributed by atoms with van der Waals surface area (Å²) >= 11 is 4.64. The molecule has 0 aromatic heterocycles. The Balaban J connectivity index is -0.000000161. The number of carbonyl (C=O) groups is 8. The van der Waals surface area contributed by atoms with E-state index in [1.165, 1.54) is 6.38 Å². The lowest BCUT2D eigenvalue weighted by atomic mass is 10.0. The van der Waals surface area contributed by atoms with Gasteiger partial charge in [-0.15, -0.1) is 11.6 Å². The summed E-state index contributed by atoms with van der Waals surface area (Å²) in [6.45, 7) is 17.4. The second kappa shape index (κ2) is 35.6. The Morgan fingerprint density at radius 3 is 1.00 bits per heavy atom. The van der Waals surface area contributed by atoms with E-state index in [9.17, 15) is 48.6 Å². The molecule has 0 aliphatic carbocycles. The van der Waals surface area contributed by atoms with E-state index in [1.807, 2.05) is 0 Å². The minimum Gasteiger partial charge on any atom is -0.480 e. The summed E-state index contributed by atoms with van der Waals surface area (Å²) in [5, 5.41) is 32.9. The summed E-state index contributed by atoms with van der Waals surface area (Å²) < 4.78 is 10.2. The normalized spacial score (nSPS) is 12.2. The first-order valence-electron chi connectivity index (χ1n) is 17.2. The maximum atomic E-state index is 12.4. The van der Waals surface area contributed by atoms with Crippen molar-refractivity contribution < 1.29 is 58.0 Å². The third kappa shape index (κ3) is 38.2. The summed E-state index contributed by atoms with van der Waals surface area (Å²) in [5.41, 5.74) is 8.40. The molecular formula is C33H71ClN8O12S4. The molecule has 12 N–H and O–H groups in total. The Morgan fingerprint density at radius 2 is 0.810 bits per heavy atom. The zero-order valence-electron chi connectivity index (χ0n) is 35.2. The number of alkyl halides is 1. The number of halogens is 1. The van der Waals surface area contributed by atoms with E-state index in [1.54, 1.807) is 69.2 Å². The first-order valence-corrected chi connectivity index (χ1v) is 17.9. The molecule has 4 atom stereocenters. The first kappa shape index (κ1) is 69.3. The van der Waals surface area contributed by atoms with Crippen LogP contribution in [0.15, 0.2) is 0 Å². The fourth-order valence-corrected chi connectivity index (χ4v) is 4.01. The van der Waals surface area contributed by atoms with E-state index in [0.29, 0.717) is 12.8 Å². The molecule has 0 rings (SSSR count). The van der Waals surface area contributed by atoms with Crippen LogP contribution in [0.2, 0.25) is 0 Å². The molecule has 0 aromatic rings. The van der Waals surface area contributed by atoms with Crippen LogP contribution >= 0.6 is 65.6 Å². The van der Waals surface area contributed by atoms with Crippen molar-refractivity contribution in [3.8, 4) is 0 Å². The third-order valence-corrected chi connectivity index (χ3v) is 6.41. The molecule has 0 saturated heterocycles. The molecule has 0 heterocycles. The maximum Gasteiger partial charge on any atom is 0.408 e. The predicted octanol–water partition coefficient (Wildman–Crippen LogP) is 2.41. The van der Waals surface area contributed by atoms with Crippen molar-refractivity contribution >= 4 is 114 Å². The predicted molar refractivity (Wildman–Crippen MR) is 242 cm³/mol. The highest BCUT2D eigenvalue weighted by atomic mass is 35.5. The van der Waals surface area contributed by atoms with Gasteiger partial charge in [0.15, 0.2) is 0 Å². The van der Waals surface area contributed by atoms with Gasteiger partial charge >= 0.3 is 36.2 Å².